The van der Waals surface area contributed by atoms with E-state index in [2.05, 4.69) is 0 Å². The highest BCUT2D eigenvalue weighted by molar-refractivity contribution is 5.78. The van der Waals surface area contributed by atoms with Crippen molar-refractivity contribution in [1.29, 1.82) is 0 Å². The van der Waals surface area contributed by atoms with Gasteiger partial charge in [0, 0.05) is 50.5 Å². The van der Waals surface area contributed by atoms with Crippen LogP contribution in [0.3, 0.4) is 0 Å². The Labute approximate surface area is 192 Å². The van der Waals surface area contributed by atoms with Crippen LogP contribution in [0.5, 0.6) is 0 Å². The van der Waals surface area contributed by atoms with E-state index in [-0.39, 0.29) is 41.7 Å². The highest BCUT2D eigenvalue weighted by atomic mass is 19.4. The standard InChI is InChI=1S/C23H25F7N2O2/c1-13(33)31-8-6-14(12-31)10-20(34)32-9-7-18-17-4-3-16(11-15(17)2-5-19(18)32)21(24,22(25,26)27)23(28,29)30/h3-4,11,14,18-19H,2,5-10,12H2,1H3/t14?,18-,19?/m0/s1. The molecule has 2 heterocycles. The number of carbonyl (C=O) groups is 2. The fraction of sp³-hybridized carbons (Fsp3) is 0.652. The Morgan fingerprint density at radius 1 is 0.971 bits per heavy atom. The molecule has 2 amide bonds. The number of hydrogen-bond acceptors (Lipinski definition) is 2. The van der Waals surface area contributed by atoms with Gasteiger partial charge in [0.05, 0.1) is 0 Å². The topological polar surface area (TPSA) is 40.6 Å². The third-order valence-electron chi connectivity index (χ3n) is 7.49. The van der Waals surface area contributed by atoms with Crippen molar-refractivity contribution in [2.45, 2.75) is 69.0 Å². The fourth-order valence-corrected chi connectivity index (χ4v) is 5.72. The van der Waals surface area contributed by atoms with E-state index in [1.807, 2.05) is 0 Å². The minimum atomic E-state index is -6.15. The maximum Gasteiger partial charge on any atom is 0.435 e. The number of likely N-dealkylation sites (tertiary alicyclic amines) is 2. The first kappa shape index (κ1) is 24.8. The molecule has 2 fully saturated rings. The molecule has 0 bridgehead atoms. The van der Waals surface area contributed by atoms with Crippen molar-refractivity contribution < 1.29 is 40.3 Å². The van der Waals surface area contributed by atoms with Crippen molar-refractivity contribution in [1.82, 2.24) is 9.80 Å². The number of nitrogens with zero attached hydrogens (tertiary/aromatic N) is 2. The highest BCUT2D eigenvalue weighted by Crippen LogP contribution is 2.54. The first-order chi connectivity index (χ1) is 15.7. The number of fused-ring (bicyclic) bond motifs is 3. The predicted octanol–water partition coefficient (Wildman–Crippen LogP) is 4.87. The van der Waals surface area contributed by atoms with Crippen LogP contribution in [0.25, 0.3) is 0 Å². The van der Waals surface area contributed by atoms with Gasteiger partial charge in [-0.2, -0.15) is 26.3 Å². The van der Waals surface area contributed by atoms with E-state index in [9.17, 15) is 40.3 Å². The molecule has 1 aliphatic carbocycles. The second-order valence-electron chi connectivity index (χ2n) is 9.48. The quantitative estimate of drug-likeness (QED) is 0.563. The second kappa shape index (κ2) is 8.41. The third kappa shape index (κ3) is 4.04. The van der Waals surface area contributed by atoms with Crippen LogP contribution < -0.4 is 0 Å². The number of halogens is 7. The molecule has 3 aliphatic rings. The zero-order valence-electron chi connectivity index (χ0n) is 18.5. The van der Waals surface area contributed by atoms with Crippen molar-refractivity contribution in [3.63, 3.8) is 0 Å². The molecular weight excluding hydrogens is 469 g/mol. The van der Waals surface area contributed by atoms with E-state index in [1.165, 1.54) is 6.92 Å². The summed E-state index contributed by atoms with van der Waals surface area (Å²) in [6.45, 7) is 3.06. The zero-order chi connectivity index (χ0) is 25.1. The van der Waals surface area contributed by atoms with Crippen LogP contribution in [0.15, 0.2) is 18.2 Å². The first-order valence-electron chi connectivity index (χ1n) is 11.2. The average Bonchev–Trinajstić information content (AvgIpc) is 3.38. The van der Waals surface area contributed by atoms with Gasteiger partial charge >= 0.3 is 18.0 Å². The lowest BCUT2D eigenvalue weighted by atomic mass is 9.77. The van der Waals surface area contributed by atoms with Crippen LogP contribution in [0.2, 0.25) is 0 Å². The summed E-state index contributed by atoms with van der Waals surface area (Å²) in [6, 6.07) is 2.22. The summed E-state index contributed by atoms with van der Waals surface area (Å²) in [5.74, 6) is -0.242. The van der Waals surface area contributed by atoms with Crippen LogP contribution in [0.4, 0.5) is 30.7 Å². The van der Waals surface area contributed by atoms with Crippen LogP contribution in [0, 0.1) is 5.92 Å². The van der Waals surface area contributed by atoms with Crippen LogP contribution >= 0.6 is 0 Å². The van der Waals surface area contributed by atoms with Gasteiger partial charge in [0.2, 0.25) is 11.8 Å². The molecule has 1 aromatic rings. The molecule has 0 spiro atoms. The summed E-state index contributed by atoms with van der Waals surface area (Å²) in [4.78, 5) is 27.9. The molecular formula is C23H25F7N2O2. The molecule has 0 radical (unpaired) electrons. The Bertz CT molecular complexity index is 961. The lowest BCUT2D eigenvalue weighted by Crippen LogP contribution is -2.50. The summed E-state index contributed by atoms with van der Waals surface area (Å²) in [7, 11) is 0. The summed E-state index contributed by atoms with van der Waals surface area (Å²) in [5.41, 5.74) is -6.08. The van der Waals surface area contributed by atoms with Crippen LogP contribution in [-0.2, 0) is 21.7 Å². The Kier molecular flexibility index (Phi) is 6.13. The number of amides is 2. The Hall–Kier alpha value is -2.33. The number of rotatable bonds is 3. The molecule has 1 aromatic carbocycles. The minimum Gasteiger partial charge on any atom is -0.343 e. The Balaban J connectivity index is 1.51. The van der Waals surface area contributed by atoms with Gasteiger partial charge in [0.25, 0.3) is 0 Å². The van der Waals surface area contributed by atoms with Crippen molar-refractivity contribution >= 4 is 11.8 Å². The van der Waals surface area contributed by atoms with E-state index >= 15 is 0 Å². The second-order valence-corrected chi connectivity index (χ2v) is 9.48. The maximum atomic E-state index is 14.5. The SMILES string of the molecule is CC(=O)N1CCC(CC(=O)N2CC[C@H]3c4ccc(C(F)(C(F)(F)F)C(F)(F)F)cc4CCC32)C1. The molecule has 0 N–H and O–H groups in total. The van der Waals surface area contributed by atoms with Crippen LogP contribution in [0.1, 0.15) is 55.2 Å². The smallest absolute Gasteiger partial charge is 0.343 e. The number of hydrogen-bond donors (Lipinski definition) is 0. The van der Waals surface area contributed by atoms with Gasteiger partial charge in [-0.1, -0.05) is 18.2 Å². The molecule has 0 saturated carbocycles. The van der Waals surface area contributed by atoms with Crippen LogP contribution in [-0.4, -0.2) is 59.6 Å². The number of aryl methyl sites for hydroxylation is 1. The predicted molar refractivity (Wildman–Crippen MR) is 107 cm³/mol. The molecule has 2 saturated heterocycles. The largest absolute Gasteiger partial charge is 0.435 e. The molecule has 4 rings (SSSR count). The molecule has 3 atom stereocenters. The summed E-state index contributed by atoms with van der Waals surface area (Å²) in [5, 5.41) is 0. The zero-order valence-corrected chi connectivity index (χ0v) is 18.5. The van der Waals surface area contributed by atoms with Gasteiger partial charge in [-0.15, -0.1) is 0 Å². The average molecular weight is 494 g/mol. The molecule has 11 heteroatoms. The van der Waals surface area contributed by atoms with Gasteiger partial charge in [0.15, 0.2) is 0 Å². The molecule has 2 unspecified atom stereocenters. The maximum absolute atomic E-state index is 14.5. The Morgan fingerprint density at radius 2 is 1.65 bits per heavy atom. The molecule has 4 nitrogen and oxygen atoms in total. The van der Waals surface area contributed by atoms with Crippen molar-refractivity contribution in [3.8, 4) is 0 Å². The summed E-state index contributed by atoms with van der Waals surface area (Å²) >= 11 is 0. The summed E-state index contributed by atoms with van der Waals surface area (Å²) in [6.07, 6.45) is -10.2. The molecule has 2 aliphatic heterocycles. The lowest BCUT2D eigenvalue weighted by Gasteiger charge is -2.35. The van der Waals surface area contributed by atoms with E-state index in [0.29, 0.717) is 56.6 Å². The lowest BCUT2D eigenvalue weighted by molar-refractivity contribution is -0.348. The molecule has 34 heavy (non-hydrogen) atoms. The van der Waals surface area contributed by atoms with Gasteiger partial charge in [-0.25, -0.2) is 4.39 Å². The van der Waals surface area contributed by atoms with E-state index in [1.54, 1.807) is 9.80 Å². The third-order valence-corrected chi connectivity index (χ3v) is 7.49. The monoisotopic (exact) mass is 494 g/mol. The number of carbonyl (C=O) groups excluding carboxylic acids is 2. The van der Waals surface area contributed by atoms with Crippen molar-refractivity contribution in [2.75, 3.05) is 19.6 Å². The van der Waals surface area contributed by atoms with E-state index in [0.717, 1.165) is 12.5 Å². The van der Waals surface area contributed by atoms with Crippen molar-refractivity contribution in [3.05, 3.63) is 34.9 Å². The van der Waals surface area contributed by atoms with Gasteiger partial charge in [0.1, 0.15) is 0 Å². The minimum absolute atomic E-state index is 0.0345. The normalized spacial score (nSPS) is 25.4. The van der Waals surface area contributed by atoms with Gasteiger partial charge in [-0.05, 0) is 42.7 Å². The number of alkyl halides is 7. The molecule has 188 valence electrons. The first-order valence-corrected chi connectivity index (χ1v) is 11.2. The van der Waals surface area contributed by atoms with Crippen molar-refractivity contribution in [2.24, 2.45) is 5.92 Å². The number of benzene rings is 1. The highest BCUT2D eigenvalue weighted by Gasteiger charge is 2.73. The molecule has 0 aromatic heterocycles. The fourth-order valence-electron chi connectivity index (χ4n) is 5.72. The van der Waals surface area contributed by atoms with Gasteiger partial charge < -0.3 is 9.80 Å². The van der Waals surface area contributed by atoms with Gasteiger partial charge in [-0.3, -0.25) is 9.59 Å². The van der Waals surface area contributed by atoms with E-state index < -0.39 is 23.6 Å². The van der Waals surface area contributed by atoms with E-state index in [4.69, 9.17) is 0 Å². The summed E-state index contributed by atoms with van der Waals surface area (Å²) < 4.78 is 93.4. The Morgan fingerprint density at radius 3 is 2.24 bits per heavy atom.